The molecule has 2 aliphatic heterocycles. The van der Waals surface area contributed by atoms with E-state index in [1.54, 1.807) is 36.4 Å². The molecule has 2 saturated heterocycles. The largest absolute Gasteiger partial charge is 0.374 e. The Morgan fingerprint density at radius 2 is 2.06 bits per heavy atom. The van der Waals surface area contributed by atoms with Crippen molar-refractivity contribution in [3.05, 3.63) is 65.3 Å². The van der Waals surface area contributed by atoms with Gasteiger partial charge in [-0.15, -0.1) is 11.3 Å². The van der Waals surface area contributed by atoms with Crippen LogP contribution >= 0.6 is 23.6 Å². The fraction of sp³-hybridized carbons (Fsp3) is 0.333. The van der Waals surface area contributed by atoms with Crippen molar-refractivity contribution in [1.82, 2.24) is 20.9 Å². The molecule has 0 saturated carbocycles. The molecule has 6 nitrogen and oxygen atoms in total. The fourth-order valence-corrected chi connectivity index (χ4v) is 7.13. The molecule has 0 bridgehead atoms. The molecule has 3 heterocycles. The third kappa shape index (κ3) is 4.92. The van der Waals surface area contributed by atoms with Gasteiger partial charge in [-0.25, -0.2) is 17.8 Å². The van der Waals surface area contributed by atoms with Gasteiger partial charge in [0.2, 0.25) is 9.84 Å². The van der Waals surface area contributed by atoms with Crippen molar-refractivity contribution in [3.8, 4) is 10.6 Å². The van der Waals surface area contributed by atoms with Crippen LogP contribution in [0.3, 0.4) is 0 Å². The van der Waals surface area contributed by atoms with Gasteiger partial charge in [0, 0.05) is 23.5 Å². The summed E-state index contributed by atoms with van der Waals surface area (Å²) in [5.41, 5.74) is 1.49. The molecule has 1 aromatic heterocycles. The van der Waals surface area contributed by atoms with Crippen molar-refractivity contribution in [2.24, 2.45) is 5.92 Å². The van der Waals surface area contributed by atoms with Crippen LogP contribution in [0.15, 0.2) is 63.8 Å². The van der Waals surface area contributed by atoms with Gasteiger partial charge < -0.3 is 16.0 Å². The summed E-state index contributed by atoms with van der Waals surface area (Å²) < 4.78 is 39.6. The predicted octanol–water partition coefficient (Wildman–Crippen LogP) is 3.54. The maximum absolute atomic E-state index is 13.5. The summed E-state index contributed by atoms with van der Waals surface area (Å²) in [4.78, 5) is 5.22. The molecule has 3 aromatic rings. The fourth-order valence-electron chi connectivity index (χ4n) is 4.56. The van der Waals surface area contributed by atoms with Crippen LogP contribution in [0.1, 0.15) is 18.4 Å². The number of hydrogen-bond acceptors (Lipinski definition) is 7. The summed E-state index contributed by atoms with van der Waals surface area (Å²) >= 11 is 6.79. The molecule has 0 amide bonds. The van der Waals surface area contributed by atoms with Crippen molar-refractivity contribution in [2.45, 2.75) is 41.4 Å². The summed E-state index contributed by atoms with van der Waals surface area (Å²) in [7, 11) is -3.77. The molecular formula is C24H25FN4O2S3. The van der Waals surface area contributed by atoms with Crippen LogP contribution in [0.25, 0.3) is 10.6 Å². The number of fused-ring (bicyclic) bond motifs is 1. The van der Waals surface area contributed by atoms with E-state index in [1.165, 1.54) is 28.8 Å². The lowest BCUT2D eigenvalue weighted by Gasteiger charge is -2.25. The molecular weight excluding hydrogens is 491 g/mol. The SMILES string of the molecule is O=S(=O)(c1ccc(CNC(=S)C2CC3CNCCC3N2)cc1)c1csc(-c2cccc(F)c2)n1. The van der Waals surface area contributed by atoms with Gasteiger partial charge in [0.15, 0.2) is 5.03 Å². The maximum atomic E-state index is 13.5. The smallest absolute Gasteiger partial charge is 0.224 e. The zero-order valence-corrected chi connectivity index (χ0v) is 20.8. The minimum absolute atomic E-state index is 0.0351. The average molecular weight is 517 g/mol. The first-order valence-corrected chi connectivity index (χ1v) is 14.0. The number of sulfone groups is 1. The first kappa shape index (κ1) is 23.5. The Kier molecular flexibility index (Phi) is 6.76. The van der Waals surface area contributed by atoms with Crippen molar-refractivity contribution in [1.29, 1.82) is 0 Å². The first-order chi connectivity index (χ1) is 16.4. The van der Waals surface area contributed by atoms with Crippen LogP contribution in [-0.2, 0) is 16.4 Å². The molecule has 0 radical (unpaired) electrons. The third-order valence-electron chi connectivity index (χ3n) is 6.41. The second-order valence-electron chi connectivity index (χ2n) is 8.68. The summed E-state index contributed by atoms with van der Waals surface area (Å²) in [5, 5.41) is 12.3. The zero-order valence-electron chi connectivity index (χ0n) is 18.3. The number of piperidine rings is 1. The number of halogens is 1. The normalized spacial score (nSPS) is 22.3. The molecule has 0 aliphatic carbocycles. The number of nitrogens with zero attached hydrogens (tertiary/aromatic N) is 1. The van der Waals surface area contributed by atoms with E-state index in [2.05, 4.69) is 20.9 Å². The monoisotopic (exact) mass is 516 g/mol. The minimum atomic E-state index is -3.77. The molecule has 3 atom stereocenters. The van der Waals surface area contributed by atoms with Gasteiger partial charge >= 0.3 is 0 Å². The predicted molar refractivity (Wildman–Crippen MR) is 135 cm³/mol. The standard InChI is InChI=1S/C24H25FN4O2S3/c25-18-3-1-2-16(10-18)24-29-22(14-33-24)34(30,31)19-6-4-15(5-7-19)12-27-23(32)21-11-17-13-26-9-8-20(17)28-21/h1-7,10,14,17,20-21,26,28H,8-9,11-13H2,(H,27,32). The highest BCUT2D eigenvalue weighted by Crippen LogP contribution is 2.29. The van der Waals surface area contributed by atoms with E-state index >= 15 is 0 Å². The highest BCUT2D eigenvalue weighted by atomic mass is 32.2. The van der Waals surface area contributed by atoms with Crippen molar-refractivity contribution < 1.29 is 12.8 Å². The Bertz CT molecular complexity index is 1280. The van der Waals surface area contributed by atoms with E-state index in [9.17, 15) is 12.8 Å². The molecule has 10 heteroatoms. The van der Waals surface area contributed by atoms with Gasteiger partial charge in [-0.2, -0.15) is 0 Å². The van der Waals surface area contributed by atoms with E-state index in [4.69, 9.17) is 12.2 Å². The number of benzene rings is 2. The Hall–Kier alpha value is -2.24. The number of aromatic nitrogens is 1. The Morgan fingerprint density at radius 1 is 1.24 bits per heavy atom. The molecule has 0 spiro atoms. The number of nitrogens with one attached hydrogen (secondary N) is 3. The second-order valence-corrected chi connectivity index (χ2v) is 11.9. The number of hydrogen-bond donors (Lipinski definition) is 3. The van der Waals surface area contributed by atoms with Crippen molar-refractivity contribution in [3.63, 3.8) is 0 Å². The highest BCUT2D eigenvalue weighted by Gasteiger charge is 2.36. The van der Waals surface area contributed by atoms with Gasteiger partial charge in [0.05, 0.1) is 15.9 Å². The van der Waals surface area contributed by atoms with Crippen LogP contribution in [0.4, 0.5) is 4.39 Å². The zero-order chi connectivity index (χ0) is 23.7. The average Bonchev–Trinajstić information content (AvgIpc) is 3.51. The van der Waals surface area contributed by atoms with Gasteiger partial charge in [-0.3, -0.25) is 0 Å². The molecule has 3 N–H and O–H groups in total. The molecule has 2 aliphatic rings. The third-order valence-corrected chi connectivity index (χ3v) is 9.53. The Balaban J connectivity index is 1.22. The second kappa shape index (κ2) is 9.79. The molecule has 2 fully saturated rings. The van der Waals surface area contributed by atoms with Crippen LogP contribution < -0.4 is 16.0 Å². The van der Waals surface area contributed by atoms with Crippen LogP contribution in [0.5, 0.6) is 0 Å². The van der Waals surface area contributed by atoms with Crippen LogP contribution in [0, 0.1) is 11.7 Å². The van der Waals surface area contributed by atoms with Gasteiger partial charge in [0.25, 0.3) is 0 Å². The van der Waals surface area contributed by atoms with Crippen molar-refractivity contribution in [2.75, 3.05) is 13.1 Å². The lowest BCUT2D eigenvalue weighted by atomic mass is 9.94. The summed E-state index contributed by atoms with van der Waals surface area (Å²) in [6.45, 7) is 2.62. The van der Waals surface area contributed by atoms with Gasteiger partial charge in [0.1, 0.15) is 10.8 Å². The summed E-state index contributed by atoms with van der Waals surface area (Å²) in [6.07, 6.45) is 2.16. The van der Waals surface area contributed by atoms with E-state index < -0.39 is 9.84 Å². The van der Waals surface area contributed by atoms with E-state index in [0.29, 0.717) is 29.1 Å². The molecule has 3 unspecified atom stereocenters. The minimum Gasteiger partial charge on any atom is -0.374 e. The Labute approximate surface area is 207 Å². The Morgan fingerprint density at radius 3 is 2.82 bits per heavy atom. The number of rotatable bonds is 6. The van der Waals surface area contributed by atoms with Crippen LogP contribution in [0.2, 0.25) is 0 Å². The van der Waals surface area contributed by atoms with Gasteiger partial charge in [-0.1, -0.05) is 36.5 Å². The number of thiocarbonyl (C=S) groups is 1. The van der Waals surface area contributed by atoms with E-state index in [1.807, 2.05) is 0 Å². The quantitative estimate of drug-likeness (QED) is 0.432. The van der Waals surface area contributed by atoms with Gasteiger partial charge in [-0.05, 0) is 61.7 Å². The molecule has 5 rings (SSSR count). The first-order valence-electron chi connectivity index (χ1n) is 11.2. The maximum Gasteiger partial charge on any atom is 0.224 e. The molecule has 34 heavy (non-hydrogen) atoms. The molecule has 178 valence electrons. The number of thiazole rings is 1. The topological polar surface area (TPSA) is 83.1 Å². The summed E-state index contributed by atoms with van der Waals surface area (Å²) in [6, 6.07) is 13.4. The summed E-state index contributed by atoms with van der Waals surface area (Å²) in [5.74, 6) is 0.231. The van der Waals surface area contributed by atoms with Crippen molar-refractivity contribution >= 4 is 38.4 Å². The highest BCUT2D eigenvalue weighted by molar-refractivity contribution is 7.91. The van der Waals surface area contributed by atoms with E-state index in [-0.39, 0.29) is 21.8 Å². The lowest BCUT2D eigenvalue weighted by molar-refractivity contribution is 0.344. The lowest BCUT2D eigenvalue weighted by Crippen LogP contribution is -2.44. The molecule has 2 aromatic carbocycles. The van der Waals surface area contributed by atoms with E-state index in [0.717, 1.165) is 36.5 Å². The van der Waals surface area contributed by atoms with Crippen LogP contribution in [-0.4, -0.2) is 43.6 Å².